The highest BCUT2D eigenvalue weighted by molar-refractivity contribution is 7.17. The van der Waals surface area contributed by atoms with Crippen LogP contribution in [0.25, 0.3) is 16.3 Å². The van der Waals surface area contributed by atoms with E-state index < -0.39 is 5.97 Å². The van der Waals surface area contributed by atoms with Crippen molar-refractivity contribution < 1.29 is 14.6 Å². The zero-order valence-electron chi connectivity index (χ0n) is 14.4. The molecule has 1 N–H and O–H groups in total. The van der Waals surface area contributed by atoms with Crippen LogP contribution in [0, 0.1) is 6.92 Å². The maximum absolute atomic E-state index is 11.3. The van der Waals surface area contributed by atoms with Gasteiger partial charge in [-0.3, -0.25) is 0 Å². The molecule has 2 aromatic heterocycles. The van der Waals surface area contributed by atoms with Crippen LogP contribution in [-0.2, 0) is 0 Å². The fraction of sp³-hybridized carbons (Fsp3) is 0.0556. The molecule has 0 bridgehead atoms. The number of para-hydroxylation sites is 1. The van der Waals surface area contributed by atoms with Gasteiger partial charge in [-0.25, -0.2) is 9.78 Å². The van der Waals surface area contributed by atoms with Crippen molar-refractivity contribution in [2.45, 2.75) is 6.92 Å². The minimum absolute atomic E-state index is 0.204. The van der Waals surface area contributed by atoms with Gasteiger partial charge in [0.25, 0.3) is 0 Å². The number of aromatic nitrogens is 5. The average Bonchev–Trinajstić information content (AvgIpc) is 3.34. The topological polar surface area (TPSA) is 103 Å². The molecule has 140 valence electrons. The van der Waals surface area contributed by atoms with E-state index in [1.807, 2.05) is 12.1 Å². The summed E-state index contributed by atoms with van der Waals surface area (Å²) in [6, 6.07) is 12.4. The molecule has 0 amide bonds. The van der Waals surface area contributed by atoms with Crippen LogP contribution in [0.2, 0.25) is 5.02 Å². The van der Waals surface area contributed by atoms with Gasteiger partial charge in [-0.2, -0.15) is 4.68 Å². The van der Waals surface area contributed by atoms with Crippen LogP contribution in [0.1, 0.15) is 15.4 Å². The van der Waals surface area contributed by atoms with Gasteiger partial charge in [-0.15, -0.1) is 16.4 Å². The van der Waals surface area contributed by atoms with E-state index >= 15 is 0 Å². The predicted molar refractivity (Wildman–Crippen MR) is 103 cm³/mol. The molecule has 0 saturated carbocycles. The molecule has 0 fully saturated rings. The summed E-state index contributed by atoms with van der Waals surface area (Å²) in [7, 11) is 0. The molecule has 0 aliphatic heterocycles. The number of hydrogen-bond acceptors (Lipinski definition) is 7. The Kier molecular flexibility index (Phi) is 4.76. The Morgan fingerprint density at radius 3 is 2.71 bits per heavy atom. The lowest BCUT2D eigenvalue weighted by Crippen LogP contribution is -1.99. The number of rotatable bonds is 5. The predicted octanol–water partition coefficient (Wildman–Crippen LogP) is 4.24. The first-order valence-corrected chi connectivity index (χ1v) is 9.23. The molecule has 0 saturated heterocycles. The Balaban J connectivity index is 1.80. The fourth-order valence-corrected chi connectivity index (χ4v) is 3.63. The van der Waals surface area contributed by atoms with Crippen molar-refractivity contribution in [2.24, 2.45) is 0 Å². The maximum Gasteiger partial charge on any atom is 0.347 e. The van der Waals surface area contributed by atoms with Crippen molar-refractivity contribution in [1.29, 1.82) is 0 Å². The first-order valence-electron chi connectivity index (χ1n) is 8.04. The smallest absolute Gasteiger partial charge is 0.347 e. The Hall–Kier alpha value is -3.30. The number of nitrogens with zero attached hydrogens (tertiary/aromatic N) is 5. The first kappa shape index (κ1) is 18.1. The largest absolute Gasteiger partial charge is 0.477 e. The molecule has 2 aromatic carbocycles. The highest BCUT2D eigenvalue weighted by Crippen LogP contribution is 2.36. The van der Waals surface area contributed by atoms with Gasteiger partial charge in [0.1, 0.15) is 27.6 Å². The summed E-state index contributed by atoms with van der Waals surface area (Å²) in [6.07, 6.45) is 1.44. The van der Waals surface area contributed by atoms with Crippen molar-refractivity contribution in [3.05, 3.63) is 64.4 Å². The summed E-state index contributed by atoms with van der Waals surface area (Å²) in [4.78, 5) is 15.9. The number of thiazole rings is 1. The van der Waals surface area contributed by atoms with Gasteiger partial charge >= 0.3 is 5.97 Å². The van der Waals surface area contributed by atoms with Gasteiger partial charge in [0.2, 0.25) is 0 Å². The molecular weight excluding hydrogens is 402 g/mol. The van der Waals surface area contributed by atoms with Crippen LogP contribution in [0.3, 0.4) is 0 Å². The lowest BCUT2D eigenvalue weighted by Gasteiger charge is -2.12. The minimum Gasteiger partial charge on any atom is -0.477 e. The Morgan fingerprint density at radius 2 is 2.04 bits per heavy atom. The summed E-state index contributed by atoms with van der Waals surface area (Å²) in [5, 5.41) is 21.6. The van der Waals surface area contributed by atoms with Crippen LogP contribution < -0.4 is 4.74 Å². The lowest BCUT2D eigenvalue weighted by molar-refractivity contribution is 0.0701. The van der Waals surface area contributed by atoms with Crippen LogP contribution in [0.15, 0.2) is 48.8 Å². The van der Waals surface area contributed by atoms with E-state index in [0.717, 1.165) is 16.9 Å². The van der Waals surface area contributed by atoms with Gasteiger partial charge in [-0.05, 0) is 47.7 Å². The van der Waals surface area contributed by atoms with Gasteiger partial charge in [0.15, 0.2) is 5.75 Å². The van der Waals surface area contributed by atoms with Gasteiger partial charge < -0.3 is 9.84 Å². The van der Waals surface area contributed by atoms with Crippen molar-refractivity contribution in [2.75, 3.05) is 0 Å². The third-order valence-corrected chi connectivity index (χ3v) is 5.36. The molecule has 0 radical (unpaired) electrons. The second-order valence-corrected chi connectivity index (χ2v) is 7.11. The molecule has 10 heteroatoms. The normalized spacial score (nSPS) is 10.8. The second kappa shape index (κ2) is 7.37. The van der Waals surface area contributed by atoms with Crippen LogP contribution in [0.4, 0.5) is 0 Å². The SMILES string of the molecule is Cc1nc(-c2ccc(Oc3ccccc3Cl)c(-n3cnnn3)c2)sc1C(=O)O. The summed E-state index contributed by atoms with van der Waals surface area (Å²) in [5.41, 5.74) is 1.75. The molecule has 0 aliphatic rings. The Bertz CT molecular complexity index is 1160. The molecule has 0 atom stereocenters. The van der Waals surface area contributed by atoms with Crippen molar-refractivity contribution in [1.82, 2.24) is 25.2 Å². The fourth-order valence-electron chi connectivity index (χ4n) is 2.55. The summed E-state index contributed by atoms with van der Waals surface area (Å²) in [5.74, 6) is -0.0268. The molecule has 0 aliphatic carbocycles. The number of carboxylic acids is 1. The average molecular weight is 414 g/mol. The van der Waals surface area contributed by atoms with E-state index in [9.17, 15) is 9.90 Å². The number of aryl methyl sites for hydroxylation is 1. The highest BCUT2D eigenvalue weighted by atomic mass is 35.5. The number of halogens is 1. The third kappa shape index (κ3) is 3.45. The Morgan fingerprint density at radius 1 is 1.21 bits per heavy atom. The van der Waals surface area contributed by atoms with Crippen LogP contribution in [0.5, 0.6) is 11.5 Å². The third-order valence-electron chi connectivity index (χ3n) is 3.85. The standard InChI is InChI=1S/C18H12ClN5O3S/c1-10-16(18(25)26)28-17(21-10)11-6-7-15(13(8-11)24-9-20-22-23-24)27-14-5-3-2-4-12(14)19/h2-9H,1H3,(H,25,26). The number of hydrogen-bond donors (Lipinski definition) is 1. The zero-order valence-corrected chi connectivity index (χ0v) is 16.0. The summed E-state index contributed by atoms with van der Waals surface area (Å²) in [6.45, 7) is 1.67. The summed E-state index contributed by atoms with van der Waals surface area (Å²) >= 11 is 7.30. The molecular formula is C18H12ClN5O3S. The van der Waals surface area contributed by atoms with E-state index in [2.05, 4.69) is 20.5 Å². The van der Waals surface area contributed by atoms with Crippen LogP contribution in [-0.4, -0.2) is 36.3 Å². The van der Waals surface area contributed by atoms with Crippen molar-refractivity contribution >= 4 is 28.9 Å². The van der Waals surface area contributed by atoms with E-state index in [4.69, 9.17) is 16.3 Å². The molecule has 2 heterocycles. The van der Waals surface area contributed by atoms with E-state index in [1.165, 1.54) is 11.0 Å². The zero-order chi connectivity index (χ0) is 19.7. The number of carbonyl (C=O) groups is 1. The maximum atomic E-state index is 11.3. The quantitative estimate of drug-likeness (QED) is 0.521. The summed E-state index contributed by atoms with van der Waals surface area (Å²) < 4.78 is 7.42. The van der Waals surface area contributed by atoms with E-state index in [-0.39, 0.29) is 4.88 Å². The minimum atomic E-state index is -0.999. The molecule has 4 aromatic rings. The van der Waals surface area contributed by atoms with Gasteiger partial charge in [-0.1, -0.05) is 23.7 Å². The molecule has 0 unspecified atom stereocenters. The van der Waals surface area contributed by atoms with E-state index in [1.54, 1.807) is 37.3 Å². The second-order valence-electron chi connectivity index (χ2n) is 5.71. The van der Waals surface area contributed by atoms with E-state index in [0.29, 0.717) is 32.9 Å². The molecule has 4 rings (SSSR count). The molecule has 8 nitrogen and oxygen atoms in total. The first-order chi connectivity index (χ1) is 13.5. The van der Waals surface area contributed by atoms with Crippen LogP contribution >= 0.6 is 22.9 Å². The number of ether oxygens (including phenoxy) is 1. The van der Waals surface area contributed by atoms with Crippen molar-refractivity contribution in [3.63, 3.8) is 0 Å². The van der Waals surface area contributed by atoms with Gasteiger partial charge in [0.05, 0.1) is 10.7 Å². The molecule has 0 spiro atoms. The van der Waals surface area contributed by atoms with Crippen molar-refractivity contribution in [3.8, 4) is 27.8 Å². The number of benzene rings is 2. The Labute approximate surface area is 168 Å². The highest BCUT2D eigenvalue weighted by Gasteiger charge is 2.18. The number of carboxylic acid groups (broad SMARTS) is 1. The lowest BCUT2D eigenvalue weighted by atomic mass is 10.2. The van der Waals surface area contributed by atoms with Gasteiger partial charge in [0, 0.05) is 5.56 Å². The number of aromatic carboxylic acids is 1. The number of tetrazole rings is 1. The molecule has 28 heavy (non-hydrogen) atoms. The monoisotopic (exact) mass is 413 g/mol.